The van der Waals surface area contributed by atoms with Gasteiger partial charge in [0, 0.05) is 18.0 Å². The first-order valence-electron chi connectivity index (χ1n) is 6.39. The number of hydrogen-bond acceptors (Lipinski definition) is 2. The van der Waals surface area contributed by atoms with Crippen LogP contribution < -0.4 is 4.74 Å². The van der Waals surface area contributed by atoms with Gasteiger partial charge in [-0.1, -0.05) is 12.1 Å². The van der Waals surface area contributed by atoms with Crippen molar-refractivity contribution in [2.24, 2.45) is 0 Å². The third kappa shape index (κ3) is 3.39. The van der Waals surface area contributed by atoms with Crippen LogP contribution in [0.1, 0.15) is 30.2 Å². The van der Waals surface area contributed by atoms with Crippen LogP contribution in [0.25, 0.3) is 0 Å². The third-order valence-electron chi connectivity index (χ3n) is 3.41. The van der Waals surface area contributed by atoms with Gasteiger partial charge in [-0.25, -0.2) is 0 Å². The number of methoxy groups -OCH3 is 1. The molecule has 3 nitrogen and oxygen atoms in total. The molecule has 0 amide bonds. The number of hydrogen-bond donors (Lipinski definition) is 1. The first kappa shape index (κ1) is 15.4. The summed E-state index contributed by atoms with van der Waals surface area (Å²) in [6.07, 6.45) is -4.27. The highest BCUT2D eigenvalue weighted by Gasteiger charge is 2.39. The highest BCUT2D eigenvalue weighted by molar-refractivity contribution is 5.30. The van der Waals surface area contributed by atoms with Crippen molar-refractivity contribution >= 4 is 0 Å². The van der Waals surface area contributed by atoms with Crippen molar-refractivity contribution in [1.29, 1.82) is 0 Å². The molecule has 2 rings (SSSR count). The van der Waals surface area contributed by atoms with Crippen LogP contribution in [-0.2, 0) is 0 Å². The number of halogens is 3. The molecular weight excluding hydrogens is 283 g/mol. The summed E-state index contributed by atoms with van der Waals surface area (Å²) in [5.41, 5.74) is 0.766. The van der Waals surface area contributed by atoms with E-state index < -0.39 is 12.3 Å². The number of nitrogens with zero attached hydrogens (tertiary/aromatic N) is 1. The van der Waals surface area contributed by atoms with Crippen LogP contribution in [0, 0.1) is 0 Å². The summed E-state index contributed by atoms with van der Waals surface area (Å²) in [4.78, 5) is 0. The van der Waals surface area contributed by atoms with Gasteiger partial charge in [-0.05, 0) is 30.7 Å². The summed E-state index contributed by atoms with van der Waals surface area (Å²) in [5, 5.41) is 9.24. The fourth-order valence-corrected chi connectivity index (χ4v) is 2.08. The van der Waals surface area contributed by atoms with E-state index in [4.69, 9.17) is 4.74 Å². The molecule has 0 radical (unpaired) electrons. The van der Waals surface area contributed by atoms with Gasteiger partial charge in [-0.2, -0.15) is 13.2 Å². The van der Waals surface area contributed by atoms with E-state index in [1.54, 1.807) is 23.8 Å². The molecule has 6 heteroatoms. The van der Waals surface area contributed by atoms with E-state index in [0.29, 0.717) is 5.75 Å². The van der Waals surface area contributed by atoms with Crippen LogP contribution in [0.5, 0.6) is 5.75 Å². The predicted octanol–water partition coefficient (Wildman–Crippen LogP) is 3.70. The van der Waals surface area contributed by atoms with E-state index in [2.05, 4.69) is 0 Å². The van der Waals surface area contributed by atoms with E-state index in [1.807, 2.05) is 19.1 Å². The van der Waals surface area contributed by atoms with Crippen molar-refractivity contribution in [3.8, 4) is 5.75 Å². The lowest BCUT2D eigenvalue weighted by Gasteiger charge is -2.16. The van der Waals surface area contributed by atoms with E-state index >= 15 is 0 Å². The Kier molecular flexibility index (Phi) is 4.27. The smallest absolute Gasteiger partial charge is 0.418 e. The van der Waals surface area contributed by atoms with Crippen molar-refractivity contribution in [3.63, 3.8) is 0 Å². The molecule has 0 unspecified atom stereocenters. The zero-order valence-electron chi connectivity index (χ0n) is 11.6. The summed E-state index contributed by atoms with van der Waals surface area (Å²) < 4.78 is 44.1. The lowest BCUT2D eigenvalue weighted by molar-refractivity contribution is -0.206. The maximum atomic E-state index is 12.5. The molecule has 0 aliphatic heterocycles. The molecule has 1 heterocycles. The zero-order valence-corrected chi connectivity index (χ0v) is 11.6. The van der Waals surface area contributed by atoms with Gasteiger partial charge in [-0.15, -0.1) is 0 Å². The van der Waals surface area contributed by atoms with Crippen molar-refractivity contribution in [1.82, 2.24) is 4.57 Å². The van der Waals surface area contributed by atoms with Gasteiger partial charge in [0.2, 0.25) is 0 Å². The molecule has 0 saturated heterocycles. The van der Waals surface area contributed by atoms with E-state index in [9.17, 15) is 18.3 Å². The van der Waals surface area contributed by atoms with Crippen LogP contribution in [-0.4, -0.2) is 23.0 Å². The van der Waals surface area contributed by atoms with Crippen molar-refractivity contribution < 1.29 is 23.0 Å². The number of rotatable bonds is 4. The molecule has 0 bridgehead atoms. The summed E-state index contributed by atoms with van der Waals surface area (Å²) >= 11 is 0. The summed E-state index contributed by atoms with van der Waals surface area (Å²) in [5.74, 6) is 0.714. The number of aliphatic hydroxyl groups is 1. The Morgan fingerprint density at radius 1 is 1.10 bits per heavy atom. The van der Waals surface area contributed by atoms with E-state index in [-0.39, 0.29) is 11.6 Å². The number of aliphatic hydroxyl groups excluding tert-OH is 1. The highest BCUT2D eigenvalue weighted by Crippen LogP contribution is 2.33. The Morgan fingerprint density at radius 2 is 1.71 bits per heavy atom. The third-order valence-corrected chi connectivity index (χ3v) is 3.41. The molecule has 1 aromatic carbocycles. The molecule has 2 atom stereocenters. The molecule has 21 heavy (non-hydrogen) atoms. The normalized spacial score (nSPS) is 14.8. The average Bonchev–Trinajstić information content (AvgIpc) is 2.94. The number of alkyl halides is 3. The quantitative estimate of drug-likeness (QED) is 0.934. The van der Waals surface area contributed by atoms with Gasteiger partial charge in [0.25, 0.3) is 0 Å². The summed E-state index contributed by atoms with van der Waals surface area (Å²) in [7, 11) is 1.56. The second kappa shape index (κ2) is 5.81. The second-order valence-corrected chi connectivity index (χ2v) is 4.79. The Hall–Kier alpha value is -1.95. The number of benzene rings is 1. The second-order valence-electron chi connectivity index (χ2n) is 4.79. The first-order valence-corrected chi connectivity index (χ1v) is 6.39. The molecule has 2 aromatic rings. The van der Waals surface area contributed by atoms with Crippen molar-refractivity contribution in [3.05, 3.63) is 53.9 Å². The van der Waals surface area contributed by atoms with E-state index in [0.717, 1.165) is 5.56 Å². The molecule has 0 fully saturated rings. The van der Waals surface area contributed by atoms with Gasteiger partial charge in [0.05, 0.1) is 13.2 Å². The number of aromatic nitrogens is 1. The van der Waals surface area contributed by atoms with Gasteiger partial charge in [-0.3, -0.25) is 0 Å². The standard InChI is InChI=1S/C15H16F3NO2/c1-10(11-3-5-13(21-2)6-4-11)19-8-7-12(9-19)14(20)15(16,17)18/h3-10,14,20H,1-2H3/t10-,14-/m1/s1. The van der Waals surface area contributed by atoms with Gasteiger partial charge >= 0.3 is 6.18 Å². The topological polar surface area (TPSA) is 34.4 Å². The van der Waals surface area contributed by atoms with Crippen LogP contribution in [0.3, 0.4) is 0 Å². The molecule has 0 saturated carbocycles. The Bertz CT molecular complexity index is 590. The van der Waals surface area contributed by atoms with Crippen LogP contribution >= 0.6 is 0 Å². The molecule has 1 N–H and O–H groups in total. The van der Waals surface area contributed by atoms with Crippen LogP contribution in [0.4, 0.5) is 13.2 Å². The molecular formula is C15H16F3NO2. The molecule has 1 aromatic heterocycles. The lowest BCUT2D eigenvalue weighted by Crippen LogP contribution is -2.19. The van der Waals surface area contributed by atoms with E-state index in [1.165, 1.54) is 18.5 Å². The van der Waals surface area contributed by atoms with Gasteiger partial charge < -0.3 is 14.4 Å². The predicted molar refractivity (Wildman–Crippen MR) is 72.3 cm³/mol. The molecule has 0 aliphatic rings. The average molecular weight is 299 g/mol. The molecule has 114 valence electrons. The SMILES string of the molecule is COc1ccc([C@@H](C)n2ccc([C@@H](O)C(F)(F)F)c2)cc1. The summed E-state index contributed by atoms with van der Waals surface area (Å²) in [6.45, 7) is 1.87. The van der Waals surface area contributed by atoms with Gasteiger partial charge in [0.1, 0.15) is 5.75 Å². The molecule has 0 spiro atoms. The summed E-state index contributed by atoms with van der Waals surface area (Å²) in [6, 6.07) is 8.41. The fourth-order valence-electron chi connectivity index (χ4n) is 2.08. The minimum Gasteiger partial charge on any atom is -0.497 e. The highest BCUT2D eigenvalue weighted by atomic mass is 19.4. The monoisotopic (exact) mass is 299 g/mol. The Morgan fingerprint density at radius 3 is 2.24 bits per heavy atom. The lowest BCUT2D eigenvalue weighted by atomic mass is 10.1. The first-order chi connectivity index (χ1) is 9.82. The minimum atomic E-state index is -4.66. The molecule has 0 aliphatic carbocycles. The van der Waals surface area contributed by atoms with Gasteiger partial charge in [0.15, 0.2) is 6.10 Å². The van der Waals surface area contributed by atoms with Crippen LogP contribution in [0.2, 0.25) is 0 Å². The largest absolute Gasteiger partial charge is 0.497 e. The fraction of sp³-hybridized carbons (Fsp3) is 0.333. The van der Waals surface area contributed by atoms with Crippen molar-refractivity contribution in [2.75, 3.05) is 7.11 Å². The maximum absolute atomic E-state index is 12.5. The Labute approximate surface area is 120 Å². The minimum absolute atomic E-state index is 0.148. The maximum Gasteiger partial charge on any atom is 0.418 e. The zero-order chi connectivity index (χ0) is 15.6. The Balaban J connectivity index is 2.20. The number of ether oxygens (including phenoxy) is 1. The van der Waals surface area contributed by atoms with Crippen LogP contribution in [0.15, 0.2) is 42.7 Å². The van der Waals surface area contributed by atoms with Crippen molar-refractivity contribution in [2.45, 2.75) is 25.2 Å².